The number of hydrogen-bond donors (Lipinski definition) is 1. The third-order valence-electron chi connectivity index (χ3n) is 3.01. The highest BCUT2D eigenvalue weighted by molar-refractivity contribution is 5.49. The van der Waals surface area contributed by atoms with Crippen LogP contribution in [0.5, 0.6) is 0 Å². The van der Waals surface area contributed by atoms with Crippen molar-refractivity contribution in [3.05, 3.63) is 17.7 Å². The van der Waals surface area contributed by atoms with Gasteiger partial charge in [0.15, 0.2) is 0 Å². The molecule has 5 heteroatoms. The highest BCUT2D eigenvalue weighted by atomic mass is 16.5. The molecule has 1 rings (SSSR count). The van der Waals surface area contributed by atoms with Crippen LogP contribution in [0.2, 0.25) is 0 Å². The van der Waals surface area contributed by atoms with Crippen LogP contribution in [-0.4, -0.2) is 36.3 Å². The summed E-state index contributed by atoms with van der Waals surface area (Å²) in [5, 5.41) is 0. The first-order valence-electron chi connectivity index (χ1n) is 7.02. The van der Waals surface area contributed by atoms with Crippen LogP contribution in [-0.2, 0) is 11.3 Å². The summed E-state index contributed by atoms with van der Waals surface area (Å²) in [6.45, 7) is 11.9. The average molecular weight is 266 g/mol. The van der Waals surface area contributed by atoms with E-state index in [2.05, 4.69) is 35.6 Å². The van der Waals surface area contributed by atoms with Crippen molar-refractivity contribution in [3.63, 3.8) is 0 Å². The number of aromatic nitrogens is 2. The molecule has 0 aromatic carbocycles. The fourth-order valence-electron chi connectivity index (χ4n) is 1.89. The van der Waals surface area contributed by atoms with Gasteiger partial charge in [-0.25, -0.2) is 9.97 Å². The Kier molecular flexibility index (Phi) is 6.73. The number of anilines is 1. The van der Waals surface area contributed by atoms with Crippen LogP contribution in [0.1, 0.15) is 45.1 Å². The maximum atomic E-state index is 5.82. The predicted octanol–water partition coefficient (Wildman–Crippen LogP) is 1.92. The summed E-state index contributed by atoms with van der Waals surface area (Å²) in [4.78, 5) is 11.2. The van der Waals surface area contributed by atoms with Crippen molar-refractivity contribution >= 4 is 5.69 Å². The molecule has 0 radical (unpaired) electrons. The molecule has 0 saturated heterocycles. The molecule has 0 bridgehead atoms. The molecule has 0 unspecified atom stereocenters. The molecular weight excluding hydrogens is 240 g/mol. The molecule has 108 valence electrons. The van der Waals surface area contributed by atoms with E-state index >= 15 is 0 Å². The van der Waals surface area contributed by atoms with Gasteiger partial charge in [-0.05, 0) is 13.8 Å². The standard InChI is InChI=1S/C14H26N4O/c1-5-18(7-8-19-6-2)13-10-16-14(11(3)4)17-12(13)9-15/h10-11H,5-9,15H2,1-4H3. The fourth-order valence-corrected chi connectivity index (χ4v) is 1.89. The third kappa shape index (κ3) is 4.44. The Hall–Kier alpha value is -1.20. The van der Waals surface area contributed by atoms with Gasteiger partial charge in [0.1, 0.15) is 5.82 Å². The predicted molar refractivity (Wildman–Crippen MR) is 78.4 cm³/mol. The Morgan fingerprint density at radius 1 is 1.37 bits per heavy atom. The minimum Gasteiger partial charge on any atom is -0.380 e. The van der Waals surface area contributed by atoms with E-state index in [0.29, 0.717) is 19.1 Å². The maximum Gasteiger partial charge on any atom is 0.131 e. The fraction of sp³-hybridized carbons (Fsp3) is 0.714. The van der Waals surface area contributed by atoms with Crippen molar-refractivity contribution < 1.29 is 4.74 Å². The molecule has 0 aliphatic rings. The van der Waals surface area contributed by atoms with E-state index < -0.39 is 0 Å². The summed E-state index contributed by atoms with van der Waals surface area (Å²) in [7, 11) is 0. The van der Waals surface area contributed by atoms with Crippen LogP contribution < -0.4 is 10.6 Å². The number of hydrogen-bond acceptors (Lipinski definition) is 5. The van der Waals surface area contributed by atoms with E-state index in [9.17, 15) is 0 Å². The second-order valence-electron chi connectivity index (χ2n) is 4.70. The lowest BCUT2D eigenvalue weighted by Gasteiger charge is -2.25. The van der Waals surface area contributed by atoms with Crippen LogP contribution >= 0.6 is 0 Å². The summed E-state index contributed by atoms with van der Waals surface area (Å²) >= 11 is 0. The minimum atomic E-state index is 0.317. The largest absolute Gasteiger partial charge is 0.380 e. The molecule has 0 saturated carbocycles. The second-order valence-corrected chi connectivity index (χ2v) is 4.70. The van der Waals surface area contributed by atoms with Gasteiger partial charge in [0.05, 0.1) is 24.2 Å². The van der Waals surface area contributed by atoms with Gasteiger partial charge in [-0.3, -0.25) is 0 Å². The molecule has 5 nitrogen and oxygen atoms in total. The molecule has 2 N–H and O–H groups in total. The van der Waals surface area contributed by atoms with E-state index in [1.54, 1.807) is 0 Å². The van der Waals surface area contributed by atoms with Crippen molar-refractivity contribution in [1.29, 1.82) is 0 Å². The molecule has 19 heavy (non-hydrogen) atoms. The molecule has 0 aliphatic heterocycles. The lowest BCUT2D eigenvalue weighted by Crippen LogP contribution is -2.29. The maximum absolute atomic E-state index is 5.82. The van der Waals surface area contributed by atoms with Crippen LogP contribution in [0.3, 0.4) is 0 Å². The van der Waals surface area contributed by atoms with Gasteiger partial charge >= 0.3 is 0 Å². The third-order valence-corrected chi connectivity index (χ3v) is 3.01. The Balaban J connectivity index is 2.89. The van der Waals surface area contributed by atoms with Crippen LogP contribution in [0.15, 0.2) is 6.20 Å². The van der Waals surface area contributed by atoms with E-state index in [1.807, 2.05) is 13.1 Å². The molecule has 1 aromatic rings. The monoisotopic (exact) mass is 266 g/mol. The van der Waals surface area contributed by atoms with Gasteiger partial charge in [0.25, 0.3) is 0 Å². The zero-order valence-corrected chi connectivity index (χ0v) is 12.5. The van der Waals surface area contributed by atoms with Crippen LogP contribution in [0.4, 0.5) is 5.69 Å². The van der Waals surface area contributed by atoms with Gasteiger partial charge < -0.3 is 15.4 Å². The van der Waals surface area contributed by atoms with Crippen LogP contribution in [0.25, 0.3) is 0 Å². The number of nitrogens with zero attached hydrogens (tertiary/aromatic N) is 3. The van der Waals surface area contributed by atoms with E-state index in [1.165, 1.54) is 0 Å². The Bertz CT molecular complexity index is 382. The molecule has 0 amide bonds. The molecule has 1 aromatic heterocycles. The first-order chi connectivity index (χ1) is 9.13. The Morgan fingerprint density at radius 3 is 2.63 bits per heavy atom. The summed E-state index contributed by atoms with van der Waals surface area (Å²) in [5.41, 5.74) is 7.76. The Morgan fingerprint density at radius 2 is 2.11 bits per heavy atom. The number of ether oxygens (including phenoxy) is 1. The molecule has 0 spiro atoms. The summed E-state index contributed by atoms with van der Waals surface area (Å²) in [6.07, 6.45) is 1.89. The molecule has 0 aliphatic carbocycles. The van der Waals surface area contributed by atoms with Crippen molar-refractivity contribution in [1.82, 2.24) is 9.97 Å². The van der Waals surface area contributed by atoms with Crippen molar-refractivity contribution in [3.8, 4) is 0 Å². The van der Waals surface area contributed by atoms with E-state index in [0.717, 1.165) is 36.9 Å². The van der Waals surface area contributed by atoms with Crippen molar-refractivity contribution in [2.24, 2.45) is 5.73 Å². The average Bonchev–Trinajstić information content (AvgIpc) is 2.43. The van der Waals surface area contributed by atoms with Crippen molar-refractivity contribution in [2.75, 3.05) is 31.2 Å². The SMILES string of the molecule is CCOCCN(CC)c1cnc(C(C)C)nc1CN. The minimum absolute atomic E-state index is 0.317. The van der Waals surface area contributed by atoms with Gasteiger partial charge in [-0.1, -0.05) is 13.8 Å². The van der Waals surface area contributed by atoms with Gasteiger partial charge in [0.2, 0.25) is 0 Å². The summed E-state index contributed by atoms with van der Waals surface area (Å²) in [6, 6.07) is 0. The quantitative estimate of drug-likeness (QED) is 0.728. The van der Waals surface area contributed by atoms with Gasteiger partial charge in [-0.15, -0.1) is 0 Å². The first kappa shape index (κ1) is 15.9. The highest BCUT2D eigenvalue weighted by Gasteiger charge is 2.13. The molecule has 0 atom stereocenters. The highest BCUT2D eigenvalue weighted by Crippen LogP contribution is 2.19. The second kappa shape index (κ2) is 8.07. The summed E-state index contributed by atoms with van der Waals surface area (Å²) in [5.74, 6) is 1.17. The number of likely N-dealkylation sites (N-methyl/N-ethyl adjacent to an activating group) is 1. The number of rotatable bonds is 8. The number of nitrogens with two attached hydrogens (primary N) is 1. The zero-order valence-electron chi connectivity index (χ0n) is 12.5. The first-order valence-corrected chi connectivity index (χ1v) is 7.02. The molecule has 1 heterocycles. The van der Waals surface area contributed by atoms with Gasteiger partial charge in [-0.2, -0.15) is 0 Å². The topological polar surface area (TPSA) is 64.3 Å². The van der Waals surface area contributed by atoms with Crippen LogP contribution in [0, 0.1) is 0 Å². The van der Waals surface area contributed by atoms with Gasteiger partial charge in [0, 0.05) is 32.2 Å². The Labute approximate surface area is 116 Å². The van der Waals surface area contributed by atoms with Crippen molar-refractivity contribution in [2.45, 2.75) is 40.2 Å². The lowest BCUT2D eigenvalue weighted by molar-refractivity contribution is 0.154. The van der Waals surface area contributed by atoms with E-state index in [-0.39, 0.29) is 0 Å². The molecular formula is C14H26N4O. The van der Waals surface area contributed by atoms with E-state index in [4.69, 9.17) is 10.5 Å². The zero-order chi connectivity index (χ0) is 14.3. The normalized spacial score (nSPS) is 11.1. The lowest BCUT2D eigenvalue weighted by atomic mass is 10.2. The summed E-state index contributed by atoms with van der Waals surface area (Å²) < 4.78 is 5.41. The smallest absolute Gasteiger partial charge is 0.131 e. The molecule has 0 fully saturated rings.